The Hall–Kier alpha value is -0.930. The van der Waals surface area contributed by atoms with Gasteiger partial charge >= 0.3 is 5.97 Å². The second-order valence-corrected chi connectivity index (χ2v) is 5.65. The van der Waals surface area contributed by atoms with Crippen molar-refractivity contribution in [2.45, 2.75) is 61.3 Å². The van der Waals surface area contributed by atoms with Gasteiger partial charge in [-0.25, -0.2) is 4.79 Å². The molecule has 140 valence electrons. The van der Waals surface area contributed by atoms with Crippen LogP contribution in [0.15, 0.2) is 0 Å². The third-order valence-corrected chi connectivity index (χ3v) is 4.02. The summed E-state index contributed by atoms with van der Waals surface area (Å²) in [6, 6.07) is -1.31. The highest BCUT2D eigenvalue weighted by molar-refractivity contribution is 5.73. The molecule has 0 spiro atoms. The molecule has 0 saturated carbocycles. The van der Waals surface area contributed by atoms with Gasteiger partial charge in [0.2, 0.25) is 0 Å². The summed E-state index contributed by atoms with van der Waals surface area (Å²) < 4.78 is 15.0. The lowest BCUT2D eigenvalue weighted by Gasteiger charge is -2.45. The third-order valence-electron chi connectivity index (χ3n) is 4.02. The van der Waals surface area contributed by atoms with Crippen molar-refractivity contribution in [2.24, 2.45) is 5.73 Å². The number of aliphatic carboxylic acids is 1. The molecule has 2 aliphatic rings. The second kappa shape index (κ2) is 7.53. The molecule has 1 unspecified atom stereocenters. The summed E-state index contributed by atoms with van der Waals surface area (Å²) >= 11 is 0. The van der Waals surface area contributed by atoms with E-state index in [-0.39, 0.29) is 0 Å². The highest BCUT2D eigenvalue weighted by Gasteiger charge is 2.51. The summed E-state index contributed by atoms with van der Waals surface area (Å²) in [6.07, 6.45) is -15.1. The molecule has 0 aromatic rings. The van der Waals surface area contributed by atoms with Gasteiger partial charge in [-0.1, -0.05) is 0 Å². The number of aliphatic hydroxyl groups excluding tert-OH is 6. The molecule has 0 aromatic carbocycles. The van der Waals surface area contributed by atoms with E-state index < -0.39 is 73.9 Å². The summed E-state index contributed by atoms with van der Waals surface area (Å²) in [5.41, 5.74) is 5.64. The molecular formula is C12H21NO11. The Kier molecular flexibility index (Phi) is 6.09. The molecule has 2 heterocycles. The minimum Gasteiger partial charge on any atom is -0.479 e. The minimum atomic E-state index is -1.90. The molecule has 24 heavy (non-hydrogen) atoms. The minimum absolute atomic E-state index is 0.669. The average molecular weight is 355 g/mol. The maximum atomic E-state index is 11.0. The van der Waals surface area contributed by atoms with Gasteiger partial charge in [-0.05, 0) is 0 Å². The van der Waals surface area contributed by atoms with Crippen molar-refractivity contribution < 1.29 is 54.8 Å². The Labute approximate surface area is 135 Å². The number of hydrogen-bond donors (Lipinski definition) is 8. The monoisotopic (exact) mass is 355 g/mol. The van der Waals surface area contributed by atoms with Crippen LogP contribution in [0.5, 0.6) is 0 Å². The van der Waals surface area contributed by atoms with E-state index in [0.29, 0.717) is 0 Å². The molecule has 2 aliphatic heterocycles. The molecule has 10 atom stereocenters. The Balaban J connectivity index is 2.16. The van der Waals surface area contributed by atoms with Gasteiger partial charge in [-0.15, -0.1) is 0 Å². The average Bonchev–Trinajstić information content (AvgIpc) is 2.54. The van der Waals surface area contributed by atoms with E-state index in [2.05, 4.69) is 0 Å². The van der Waals surface area contributed by atoms with Gasteiger partial charge in [0.25, 0.3) is 0 Å². The lowest BCUT2D eigenvalue weighted by Crippen LogP contribution is -2.66. The Morgan fingerprint density at radius 2 is 1.62 bits per heavy atom. The van der Waals surface area contributed by atoms with E-state index in [0.717, 1.165) is 0 Å². The standard InChI is InChI=1S/C12H21NO11/c13-3-8(4(15)2(1-14)22-11(3)21)23-12-7(18)5(16)6(17)9(24-12)10(19)20/h2-9,11-12,14-18,21H,1,13H2,(H,19,20)/t2-,3-,4-,5+,6+,7-,8-,9+,11?,12-/m1/s1. The van der Waals surface area contributed by atoms with Crippen LogP contribution in [0.25, 0.3) is 0 Å². The summed E-state index contributed by atoms with van der Waals surface area (Å²) in [7, 11) is 0. The Bertz CT molecular complexity index is 451. The largest absolute Gasteiger partial charge is 0.479 e. The van der Waals surface area contributed by atoms with Crippen LogP contribution < -0.4 is 5.73 Å². The summed E-state index contributed by atoms with van der Waals surface area (Å²) in [6.45, 7) is -0.669. The van der Waals surface area contributed by atoms with Crippen molar-refractivity contribution in [2.75, 3.05) is 6.61 Å². The maximum Gasteiger partial charge on any atom is 0.335 e. The van der Waals surface area contributed by atoms with Gasteiger partial charge in [0, 0.05) is 0 Å². The van der Waals surface area contributed by atoms with E-state index in [9.17, 15) is 30.3 Å². The molecule has 12 nitrogen and oxygen atoms in total. The first-order valence-corrected chi connectivity index (χ1v) is 7.15. The number of rotatable bonds is 4. The first-order valence-electron chi connectivity index (χ1n) is 7.15. The van der Waals surface area contributed by atoms with Crippen LogP contribution in [0.2, 0.25) is 0 Å². The predicted molar refractivity (Wildman–Crippen MR) is 71.1 cm³/mol. The van der Waals surface area contributed by atoms with Gasteiger partial charge in [0.05, 0.1) is 12.6 Å². The van der Waals surface area contributed by atoms with Crippen LogP contribution in [-0.4, -0.2) is 110 Å². The highest BCUT2D eigenvalue weighted by atomic mass is 16.7. The van der Waals surface area contributed by atoms with Gasteiger partial charge in [-0.3, -0.25) is 0 Å². The van der Waals surface area contributed by atoms with Crippen molar-refractivity contribution in [3.05, 3.63) is 0 Å². The molecule has 0 radical (unpaired) electrons. The highest BCUT2D eigenvalue weighted by Crippen LogP contribution is 2.28. The molecular weight excluding hydrogens is 334 g/mol. The Morgan fingerprint density at radius 3 is 2.17 bits per heavy atom. The van der Waals surface area contributed by atoms with Crippen LogP contribution in [0.1, 0.15) is 0 Å². The predicted octanol–water partition coefficient (Wildman–Crippen LogP) is -5.34. The molecule has 0 aromatic heterocycles. The fraction of sp³-hybridized carbons (Fsp3) is 0.917. The maximum absolute atomic E-state index is 11.0. The molecule has 0 aliphatic carbocycles. The fourth-order valence-electron chi connectivity index (χ4n) is 2.59. The van der Waals surface area contributed by atoms with E-state index in [1.807, 2.05) is 0 Å². The first-order chi connectivity index (χ1) is 11.2. The second-order valence-electron chi connectivity index (χ2n) is 5.65. The number of carbonyl (C=O) groups is 1. The Morgan fingerprint density at radius 1 is 1.00 bits per heavy atom. The van der Waals surface area contributed by atoms with Crippen molar-refractivity contribution >= 4 is 5.97 Å². The molecule has 0 bridgehead atoms. The van der Waals surface area contributed by atoms with Gasteiger partial charge < -0.3 is 55.7 Å². The fourth-order valence-corrected chi connectivity index (χ4v) is 2.59. The number of carboxylic acids is 1. The van der Waals surface area contributed by atoms with Crippen molar-refractivity contribution in [3.63, 3.8) is 0 Å². The quantitative estimate of drug-likeness (QED) is 0.237. The zero-order chi connectivity index (χ0) is 18.2. The zero-order valence-corrected chi connectivity index (χ0v) is 12.3. The summed E-state index contributed by atoms with van der Waals surface area (Å²) in [5.74, 6) is -1.60. The van der Waals surface area contributed by atoms with Gasteiger partial charge in [-0.2, -0.15) is 0 Å². The van der Waals surface area contributed by atoms with E-state index in [1.54, 1.807) is 0 Å². The zero-order valence-electron chi connectivity index (χ0n) is 12.3. The van der Waals surface area contributed by atoms with Crippen LogP contribution in [0, 0.1) is 0 Å². The van der Waals surface area contributed by atoms with E-state index in [1.165, 1.54) is 0 Å². The smallest absolute Gasteiger partial charge is 0.335 e. The van der Waals surface area contributed by atoms with E-state index >= 15 is 0 Å². The first kappa shape index (κ1) is 19.4. The number of hydrogen-bond acceptors (Lipinski definition) is 11. The van der Waals surface area contributed by atoms with Crippen LogP contribution in [0.4, 0.5) is 0 Å². The van der Waals surface area contributed by atoms with Gasteiger partial charge in [0.1, 0.15) is 36.6 Å². The molecule has 12 heteroatoms. The number of carboxylic acid groups (broad SMARTS) is 1. The lowest BCUT2D eigenvalue weighted by atomic mass is 9.96. The number of nitrogens with two attached hydrogens (primary N) is 1. The molecule has 2 saturated heterocycles. The summed E-state index contributed by atoms with van der Waals surface area (Å²) in [4.78, 5) is 11.0. The third kappa shape index (κ3) is 3.52. The lowest BCUT2D eigenvalue weighted by molar-refractivity contribution is -0.335. The van der Waals surface area contributed by atoms with Crippen LogP contribution >= 0.6 is 0 Å². The van der Waals surface area contributed by atoms with Crippen molar-refractivity contribution in [3.8, 4) is 0 Å². The number of ether oxygens (including phenoxy) is 3. The molecule has 0 amide bonds. The molecule has 9 N–H and O–H groups in total. The topological polar surface area (TPSA) is 212 Å². The summed E-state index contributed by atoms with van der Waals surface area (Å²) in [5, 5.41) is 67.0. The normalized spacial score (nSPS) is 49.8. The van der Waals surface area contributed by atoms with Crippen molar-refractivity contribution in [1.82, 2.24) is 0 Å². The van der Waals surface area contributed by atoms with Gasteiger partial charge in [0.15, 0.2) is 18.7 Å². The SMILES string of the molecule is N[C@H]1C(O)O[C@H](CO)[C@@H](O)[C@@H]1O[C@@H]1O[C@H](C(=O)O)[C@@H](O)[C@H](O)[C@H]1O. The number of aliphatic hydroxyl groups is 6. The van der Waals surface area contributed by atoms with Crippen LogP contribution in [-0.2, 0) is 19.0 Å². The van der Waals surface area contributed by atoms with Crippen LogP contribution in [0.3, 0.4) is 0 Å². The van der Waals surface area contributed by atoms with Crippen molar-refractivity contribution in [1.29, 1.82) is 0 Å². The van der Waals surface area contributed by atoms with E-state index in [4.69, 9.17) is 30.2 Å². The molecule has 2 fully saturated rings. The molecule has 2 rings (SSSR count).